The number of aryl methyl sites for hydroxylation is 1. The first-order valence-corrected chi connectivity index (χ1v) is 7.88. The fourth-order valence-corrected chi connectivity index (χ4v) is 2.19. The van der Waals surface area contributed by atoms with E-state index >= 15 is 0 Å². The van der Waals surface area contributed by atoms with Gasteiger partial charge in [0.1, 0.15) is 5.75 Å². The van der Waals surface area contributed by atoms with Crippen LogP contribution in [0.3, 0.4) is 0 Å². The first-order valence-electron chi connectivity index (χ1n) is 7.88. The SMILES string of the molecule is O=C(CCc1nnc(-c2ccccc2)o1)NNC(=O)c1ccccc1O. The van der Waals surface area contributed by atoms with Crippen molar-refractivity contribution in [1.29, 1.82) is 0 Å². The third-order valence-corrected chi connectivity index (χ3v) is 3.52. The number of para-hydroxylation sites is 1. The highest BCUT2D eigenvalue weighted by Crippen LogP contribution is 2.17. The van der Waals surface area contributed by atoms with Crippen molar-refractivity contribution >= 4 is 11.8 Å². The summed E-state index contributed by atoms with van der Waals surface area (Å²) >= 11 is 0. The molecule has 3 aromatic rings. The molecule has 1 heterocycles. The molecule has 8 heteroatoms. The minimum absolute atomic E-state index is 0.0531. The Kier molecular flexibility index (Phi) is 5.23. The number of phenolic OH excluding ortho intramolecular Hbond substituents is 1. The van der Waals surface area contributed by atoms with Gasteiger partial charge in [-0.25, -0.2) is 0 Å². The summed E-state index contributed by atoms with van der Waals surface area (Å²) in [7, 11) is 0. The summed E-state index contributed by atoms with van der Waals surface area (Å²) in [6.45, 7) is 0. The number of aromatic nitrogens is 2. The maximum atomic E-state index is 11.9. The topological polar surface area (TPSA) is 117 Å². The summed E-state index contributed by atoms with van der Waals surface area (Å²) in [6.07, 6.45) is 0.287. The molecule has 26 heavy (non-hydrogen) atoms. The zero-order chi connectivity index (χ0) is 18.4. The normalized spacial score (nSPS) is 10.3. The van der Waals surface area contributed by atoms with Crippen LogP contribution in [0.2, 0.25) is 0 Å². The van der Waals surface area contributed by atoms with Gasteiger partial charge in [0, 0.05) is 18.4 Å². The average Bonchev–Trinajstić information content (AvgIpc) is 3.14. The van der Waals surface area contributed by atoms with Gasteiger partial charge in [0.25, 0.3) is 5.91 Å². The molecule has 0 spiro atoms. The van der Waals surface area contributed by atoms with Gasteiger partial charge in [-0.2, -0.15) is 0 Å². The Morgan fingerprint density at radius 3 is 2.46 bits per heavy atom. The van der Waals surface area contributed by atoms with Crippen LogP contribution in [-0.2, 0) is 11.2 Å². The van der Waals surface area contributed by atoms with Crippen LogP contribution in [0.25, 0.3) is 11.5 Å². The van der Waals surface area contributed by atoms with Crippen molar-refractivity contribution in [2.45, 2.75) is 12.8 Å². The van der Waals surface area contributed by atoms with Crippen molar-refractivity contribution in [1.82, 2.24) is 21.0 Å². The number of rotatable bonds is 5. The molecule has 0 aliphatic heterocycles. The van der Waals surface area contributed by atoms with Crippen LogP contribution in [0.5, 0.6) is 5.75 Å². The van der Waals surface area contributed by atoms with E-state index < -0.39 is 11.8 Å². The highest BCUT2D eigenvalue weighted by molar-refractivity contribution is 5.97. The molecule has 0 aliphatic carbocycles. The van der Waals surface area contributed by atoms with Crippen LogP contribution in [0.1, 0.15) is 22.7 Å². The van der Waals surface area contributed by atoms with Gasteiger partial charge in [0.05, 0.1) is 5.56 Å². The first kappa shape index (κ1) is 17.2. The number of carbonyl (C=O) groups excluding carboxylic acids is 2. The van der Waals surface area contributed by atoms with Crippen LogP contribution in [-0.4, -0.2) is 27.1 Å². The van der Waals surface area contributed by atoms with Gasteiger partial charge in [-0.3, -0.25) is 20.4 Å². The third-order valence-electron chi connectivity index (χ3n) is 3.52. The van der Waals surface area contributed by atoms with Gasteiger partial charge in [0.2, 0.25) is 17.7 Å². The molecule has 1 aromatic heterocycles. The molecule has 0 radical (unpaired) electrons. The number of nitrogens with one attached hydrogen (secondary N) is 2. The Morgan fingerprint density at radius 2 is 1.69 bits per heavy atom. The maximum Gasteiger partial charge on any atom is 0.273 e. The van der Waals surface area contributed by atoms with Crippen molar-refractivity contribution in [3.63, 3.8) is 0 Å². The van der Waals surface area contributed by atoms with E-state index in [0.717, 1.165) is 5.56 Å². The molecule has 2 amide bonds. The largest absolute Gasteiger partial charge is 0.507 e. The van der Waals surface area contributed by atoms with Gasteiger partial charge in [-0.05, 0) is 24.3 Å². The smallest absolute Gasteiger partial charge is 0.273 e. The zero-order valence-electron chi connectivity index (χ0n) is 13.7. The Morgan fingerprint density at radius 1 is 0.962 bits per heavy atom. The van der Waals surface area contributed by atoms with E-state index in [1.54, 1.807) is 12.1 Å². The second kappa shape index (κ2) is 7.93. The van der Waals surface area contributed by atoms with Crippen molar-refractivity contribution in [2.24, 2.45) is 0 Å². The molecule has 132 valence electrons. The lowest BCUT2D eigenvalue weighted by Gasteiger charge is -2.07. The van der Waals surface area contributed by atoms with E-state index in [9.17, 15) is 14.7 Å². The number of phenols is 1. The molecule has 0 unspecified atom stereocenters. The van der Waals surface area contributed by atoms with Crippen molar-refractivity contribution in [3.8, 4) is 17.2 Å². The Balaban J connectivity index is 1.48. The van der Waals surface area contributed by atoms with E-state index in [-0.39, 0.29) is 24.2 Å². The quantitative estimate of drug-likeness (QED) is 0.603. The molecule has 0 aliphatic rings. The Labute approximate surface area is 148 Å². The number of aromatic hydroxyl groups is 1. The molecular weight excluding hydrogens is 336 g/mol. The second-order valence-electron chi connectivity index (χ2n) is 5.39. The maximum absolute atomic E-state index is 11.9. The van der Waals surface area contributed by atoms with Gasteiger partial charge in [-0.15, -0.1) is 10.2 Å². The molecule has 3 N–H and O–H groups in total. The van der Waals surface area contributed by atoms with Gasteiger partial charge < -0.3 is 9.52 Å². The summed E-state index contributed by atoms with van der Waals surface area (Å²) in [5.41, 5.74) is 5.38. The predicted molar refractivity (Wildman–Crippen MR) is 91.8 cm³/mol. The molecule has 0 bridgehead atoms. The standard InChI is InChI=1S/C18H16N4O4/c23-14-9-5-4-8-13(14)17(25)21-19-15(24)10-11-16-20-22-18(26-16)12-6-2-1-3-7-12/h1-9,23H,10-11H2,(H,19,24)(H,21,25). The molecule has 0 saturated carbocycles. The first-order chi connectivity index (χ1) is 12.6. The number of hydrazine groups is 1. The van der Waals surface area contributed by atoms with E-state index in [4.69, 9.17) is 4.42 Å². The van der Waals surface area contributed by atoms with Gasteiger partial charge >= 0.3 is 0 Å². The Hall–Kier alpha value is -3.68. The molecule has 3 rings (SSSR count). The predicted octanol–water partition coefficient (Wildman–Crippen LogP) is 1.84. The van der Waals surface area contributed by atoms with Crippen LogP contribution in [0.15, 0.2) is 59.0 Å². The monoisotopic (exact) mass is 352 g/mol. The Bertz CT molecular complexity index is 908. The lowest BCUT2D eigenvalue weighted by Crippen LogP contribution is -2.41. The van der Waals surface area contributed by atoms with Crippen LogP contribution >= 0.6 is 0 Å². The highest BCUT2D eigenvalue weighted by Gasteiger charge is 2.13. The molecule has 0 fully saturated rings. The minimum atomic E-state index is -0.611. The number of benzene rings is 2. The van der Waals surface area contributed by atoms with E-state index in [1.807, 2.05) is 30.3 Å². The van der Waals surface area contributed by atoms with Crippen molar-refractivity contribution in [3.05, 3.63) is 66.1 Å². The molecular formula is C18H16N4O4. The number of hydrogen-bond donors (Lipinski definition) is 3. The summed E-state index contributed by atoms with van der Waals surface area (Å²) in [6, 6.07) is 15.3. The second-order valence-corrected chi connectivity index (χ2v) is 5.39. The minimum Gasteiger partial charge on any atom is -0.507 e. The lowest BCUT2D eigenvalue weighted by atomic mass is 10.2. The summed E-state index contributed by atoms with van der Waals surface area (Å²) in [5.74, 6) is -0.493. The molecule has 2 aromatic carbocycles. The number of amides is 2. The van der Waals surface area contributed by atoms with Crippen molar-refractivity contribution < 1.29 is 19.1 Å². The summed E-state index contributed by atoms with van der Waals surface area (Å²) in [5, 5.41) is 17.4. The van der Waals surface area contributed by atoms with Crippen LogP contribution < -0.4 is 10.9 Å². The fraction of sp³-hybridized carbons (Fsp3) is 0.111. The molecule has 8 nitrogen and oxygen atoms in total. The molecule has 0 atom stereocenters. The van der Waals surface area contributed by atoms with E-state index in [0.29, 0.717) is 11.8 Å². The highest BCUT2D eigenvalue weighted by atomic mass is 16.4. The number of hydrogen-bond acceptors (Lipinski definition) is 6. The molecule has 0 saturated heterocycles. The van der Waals surface area contributed by atoms with E-state index in [1.165, 1.54) is 12.1 Å². The average molecular weight is 352 g/mol. The lowest BCUT2D eigenvalue weighted by molar-refractivity contribution is -0.121. The van der Waals surface area contributed by atoms with E-state index in [2.05, 4.69) is 21.0 Å². The third kappa shape index (κ3) is 4.23. The van der Waals surface area contributed by atoms with Crippen LogP contribution in [0, 0.1) is 0 Å². The number of carbonyl (C=O) groups is 2. The summed E-state index contributed by atoms with van der Waals surface area (Å²) in [4.78, 5) is 23.7. The zero-order valence-corrected chi connectivity index (χ0v) is 13.7. The summed E-state index contributed by atoms with van der Waals surface area (Å²) < 4.78 is 5.51. The fourth-order valence-electron chi connectivity index (χ4n) is 2.19. The van der Waals surface area contributed by atoms with Crippen molar-refractivity contribution in [2.75, 3.05) is 0 Å². The van der Waals surface area contributed by atoms with Gasteiger partial charge in [0.15, 0.2) is 0 Å². The van der Waals surface area contributed by atoms with Crippen LogP contribution in [0.4, 0.5) is 0 Å². The number of nitrogens with zero attached hydrogens (tertiary/aromatic N) is 2. The van der Waals surface area contributed by atoms with Gasteiger partial charge in [-0.1, -0.05) is 30.3 Å².